The van der Waals surface area contributed by atoms with Crippen LogP contribution in [0.25, 0.3) is 82.9 Å². The Bertz CT molecular complexity index is 2900. The van der Waals surface area contributed by atoms with Crippen molar-refractivity contribution in [2.75, 3.05) is 0 Å². The average Bonchev–Trinajstić information content (AvgIpc) is 3.65. The van der Waals surface area contributed by atoms with Gasteiger partial charge in [0.25, 0.3) is 5.56 Å². The monoisotopic (exact) mass is 577 g/mol. The summed E-state index contributed by atoms with van der Waals surface area (Å²) < 4.78 is 6.19. The molecule has 6 heteroatoms. The Morgan fingerprint density at radius 3 is 1.87 bits per heavy atom. The molecule has 0 saturated heterocycles. The highest BCUT2D eigenvalue weighted by atomic mass is 16.1. The van der Waals surface area contributed by atoms with Crippen molar-refractivity contribution in [3.8, 4) is 16.8 Å². The fourth-order valence-corrected chi connectivity index (χ4v) is 7.00. The van der Waals surface area contributed by atoms with E-state index < -0.39 is 0 Å². The molecule has 0 saturated carbocycles. The molecule has 10 rings (SSSR count). The predicted molar refractivity (Wildman–Crippen MR) is 183 cm³/mol. The molecule has 10 aromatic rings. The number of benzene rings is 6. The molecule has 210 valence electrons. The molecule has 0 aliphatic carbocycles. The molecule has 0 radical (unpaired) electrons. The normalized spacial score (nSPS) is 12.1. The lowest BCUT2D eigenvalue weighted by atomic mass is 10.0. The molecule has 0 atom stereocenters. The van der Waals surface area contributed by atoms with Crippen LogP contribution in [-0.4, -0.2) is 23.3 Å². The topological polar surface area (TPSA) is 56.6 Å². The van der Waals surface area contributed by atoms with E-state index in [2.05, 4.69) is 93.9 Å². The highest BCUT2D eigenvalue weighted by Gasteiger charge is 2.19. The summed E-state index contributed by atoms with van der Waals surface area (Å²) in [5, 5.41) is 2.98. The maximum Gasteiger partial charge on any atom is 0.266 e. The van der Waals surface area contributed by atoms with Gasteiger partial charge in [0.1, 0.15) is 0 Å². The van der Waals surface area contributed by atoms with E-state index in [1.54, 1.807) is 4.40 Å². The minimum atomic E-state index is -0.0990. The van der Waals surface area contributed by atoms with Gasteiger partial charge in [-0.1, -0.05) is 72.8 Å². The molecule has 4 aromatic heterocycles. The second-order valence-electron chi connectivity index (χ2n) is 11.5. The summed E-state index contributed by atoms with van der Waals surface area (Å²) in [4.78, 5) is 23.9. The van der Waals surface area contributed by atoms with Crippen LogP contribution in [0.2, 0.25) is 0 Å². The van der Waals surface area contributed by atoms with Crippen molar-refractivity contribution in [3.63, 3.8) is 0 Å². The number of nitrogens with zero attached hydrogens (tertiary/aromatic N) is 5. The van der Waals surface area contributed by atoms with Gasteiger partial charge in [0, 0.05) is 16.5 Å². The number of imidazole rings is 1. The number of fused-ring (bicyclic) bond motifs is 12. The first-order valence-electron chi connectivity index (χ1n) is 15.0. The van der Waals surface area contributed by atoms with Gasteiger partial charge in [-0.3, -0.25) is 13.6 Å². The van der Waals surface area contributed by atoms with Crippen molar-refractivity contribution in [2.45, 2.75) is 0 Å². The summed E-state index contributed by atoms with van der Waals surface area (Å²) in [7, 11) is 0. The van der Waals surface area contributed by atoms with E-state index in [0.29, 0.717) is 22.2 Å². The summed E-state index contributed by atoms with van der Waals surface area (Å²) in [6, 6.07) is 47.7. The molecule has 45 heavy (non-hydrogen) atoms. The van der Waals surface area contributed by atoms with Gasteiger partial charge < -0.3 is 4.57 Å². The molecule has 6 nitrogen and oxygen atoms in total. The Balaban J connectivity index is 1.30. The molecule has 0 spiro atoms. The first-order chi connectivity index (χ1) is 22.2. The molecule has 6 aromatic carbocycles. The van der Waals surface area contributed by atoms with Gasteiger partial charge in [0.15, 0.2) is 11.3 Å². The Labute approximate surface area is 255 Å². The molecular weight excluding hydrogens is 554 g/mol. The van der Waals surface area contributed by atoms with E-state index in [0.717, 1.165) is 44.4 Å². The third-order valence-electron chi connectivity index (χ3n) is 9.01. The van der Waals surface area contributed by atoms with Gasteiger partial charge in [0.2, 0.25) is 0 Å². The number of hydrogen-bond acceptors (Lipinski definition) is 3. The largest absolute Gasteiger partial charge is 0.309 e. The van der Waals surface area contributed by atoms with Crippen LogP contribution in [-0.2, 0) is 0 Å². The minimum absolute atomic E-state index is 0.0990. The molecule has 0 bridgehead atoms. The van der Waals surface area contributed by atoms with Crippen LogP contribution < -0.4 is 5.56 Å². The summed E-state index contributed by atoms with van der Waals surface area (Å²) in [6.45, 7) is 0. The third kappa shape index (κ3) is 3.30. The molecule has 0 aliphatic rings. The number of rotatable bonds is 2. The second kappa shape index (κ2) is 8.88. The van der Waals surface area contributed by atoms with Gasteiger partial charge in [0.05, 0.1) is 44.0 Å². The first kappa shape index (κ1) is 24.2. The smallest absolute Gasteiger partial charge is 0.266 e. The molecule has 0 unspecified atom stereocenters. The maximum absolute atomic E-state index is 14.0. The fourth-order valence-electron chi connectivity index (χ4n) is 7.00. The Morgan fingerprint density at radius 2 is 1.02 bits per heavy atom. The number of aromatic nitrogens is 5. The molecule has 0 N–H and O–H groups in total. The molecule has 0 aliphatic heterocycles. The summed E-state index contributed by atoms with van der Waals surface area (Å²) >= 11 is 0. The Kier molecular flexibility index (Phi) is 4.77. The van der Waals surface area contributed by atoms with Gasteiger partial charge >= 0.3 is 0 Å². The number of para-hydroxylation sites is 5. The lowest BCUT2D eigenvalue weighted by Crippen LogP contribution is -2.17. The van der Waals surface area contributed by atoms with Gasteiger partial charge in [-0.25, -0.2) is 9.97 Å². The zero-order valence-electron chi connectivity index (χ0n) is 23.9. The summed E-state index contributed by atoms with van der Waals surface area (Å²) in [5.74, 6) is 0. The zero-order chi connectivity index (χ0) is 29.6. The highest BCUT2D eigenvalue weighted by molar-refractivity contribution is 6.10. The lowest BCUT2D eigenvalue weighted by molar-refractivity contribution is 1.10. The standard InChI is InChI=1S/C39H23N5O/c45-39-28-13-4-6-14-30(28)40-38-37-41-31-15-7-9-17-34(31)43(37)36-23-25(19-21-35(36)44(38)39)24-18-20-33-29(22-24)27-12-5-8-16-32(27)42(33)26-10-2-1-3-11-26/h1-23H. The van der Waals surface area contributed by atoms with Crippen LogP contribution in [0.1, 0.15) is 0 Å². The maximum atomic E-state index is 14.0. The van der Waals surface area contributed by atoms with Crippen LogP contribution in [0.3, 0.4) is 0 Å². The molecule has 0 fully saturated rings. The average molecular weight is 578 g/mol. The van der Waals surface area contributed by atoms with Crippen LogP contribution in [0.5, 0.6) is 0 Å². The van der Waals surface area contributed by atoms with Gasteiger partial charge in [-0.05, 0) is 77.9 Å². The molecular formula is C39H23N5O. The minimum Gasteiger partial charge on any atom is -0.309 e. The van der Waals surface area contributed by atoms with Crippen molar-refractivity contribution >= 4 is 66.1 Å². The van der Waals surface area contributed by atoms with E-state index in [1.807, 2.05) is 54.6 Å². The lowest BCUT2D eigenvalue weighted by Gasteiger charge is -2.13. The third-order valence-corrected chi connectivity index (χ3v) is 9.01. The van der Waals surface area contributed by atoms with Crippen LogP contribution >= 0.6 is 0 Å². The molecule has 4 heterocycles. The van der Waals surface area contributed by atoms with Crippen LogP contribution in [0, 0.1) is 0 Å². The number of hydrogen-bond donors (Lipinski definition) is 0. The summed E-state index contributed by atoms with van der Waals surface area (Å²) in [5.41, 5.74) is 10.9. The van der Waals surface area contributed by atoms with Crippen LogP contribution in [0.15, 0.2) is 144 Å². The summed E-state index contributed by atoms with van der Waals surface area (Å²) in [6.07, 6.45) is 0. The van der Waals surface area contributed by atoms with Crippen molar-refractivity contribution in [1.29, 1.82) is 0 Å². The fraction of sp³-hybridized carbons (Fsp3) is 0. The quantitative estimate of drug-likeness (QED) is 0.153. The molecule has 0 amide bonds. The van der Waals surface area contributed by atoms with E-state index in [4.69, 9.17) is 9.97 Å². The van der Waals surface area contributed by atoms with Crippen LogP contribution in [0.4, 0.5) is 0 Å². The van der Waals surface area contributed by atoms with E-state index in [9.17, 15) is 4.79 Å². The van der Waals surface area contributed by atoms with Crippen molar-refractivity contribution in [1.82, 2.24) is 23.3 Å². The Hall–Kier alpha value is -6.27. The zero-order valence-corrected chi connectivity index (χ0v) is 23.9. The van der Waals surface area contributed by atoms with E-state index in [-0.39, 0.29) is 5.56 Å². The van der Waals surface area contributed by atoms with Crippen molar-refractivity contribution in [2.24, 2.45) is 0 Å². The first-order valence-corrected chi connectivity index (χ1v) is 15.0. The SMILES string of the molecule is O=c1c2ccccc2nc2c3nc4ccccc4n3c3cc(-c4ccc5c(c4)c4ccccc4n5-c4ccccc4)ccc3n12. The van der Waals surface area contributed by atoms with Crippen molar-refractivity contribution < 1.29 is 0 Å². The van der Waals surface area contributed by atoms with Gasteiger partial charge in [-0.2, -0.15) is 0 Å². The van der Waals surface area contributed by atoms with Crippen molar-refractivity contribution in [3.05, 3.63) is 150 Å². The predicted octanol–water partition coefficient (Wildman–Crippen LogP) is 8.57. The van der Waals surface area contributed by atoms with E-state index >= 15 is 0 Å². The van der Waals surface area contributed by atoms with Gasteiger partial charge in [-0.15, -0.1) is 0 Å². The highest BCUT2D eigenvalue weighted by Crippen LogP contribution is 2.36. The Morgan fingerprint density at radius 1 is 0.422 bits per heavy atom. The second-order valence-corrected chi connectivity index (χ2v) is 11.5. The van der Waals surface area contributed by atoms with E-state index in [1.165, 1.54) is 16.3 Å².